The molecule has 2 aromatic rings. The molecule has 1 heterocycles. The van der Waals surface area contributed by atoms with Crippen LogP contribution in [0.3, 0.4) is 0 Å². The van der Waals surface area contributed by atoms with E-state index in [0.717, 1.165) is 5.56 Å². The van der Waals surface area contributed by atoms with Gasteiger partial charge in [0.1, 0.15) is 5.56 Å². The Labute approximate surface area is 131 Å². The molecular formula is C14H14ClN3O4. The second-order valence-corrected chi connectivity index (χ2v) is 4.95. The number of carbonyl (C=O) groups is 2. The maximum atomic E-state index is 11.8. The molecule has 7 nitrogen and oxygen atoms in total. The Bertz CT molecular complexity index is 707. The number of anilines is 2. The maximum absolute atomic E-state index is 11.8. The number of esters is 1. The molecule has 116 valence electrons. The second-order valence-electron chi connectivity index (χ2n) is 4.54. The highest BCUT2D eigenvalue weighted by Gasteiger charge is 2.21. The van der Waals surface area contributed by atoms with Gasteiger partial charge in [0.05, 0.1) is 5.69 Å². The standard InChI is InChI=1S/C14H14ClN3O4/c1-7-9(15)4-3-5-10(7)17-11(19)6-21-14(20)12-8(2)18-22-13(12)16/h3-5H,6,16H2,1-2H3,(H,17,19). The van der Waals surface area contributed by atoms with Crippen LogP contribution in [0.25, 0.3) is 0 Å². The third-order valence-electron chi connectivity index (χ3n) is 2.97. The zero-order valence-electron chi connectivity index (χ0n) is 12.0. The van der Waals surface area contributed by atoms with E-state index >= 15 is 0 Å². The Kier molecular flexibility index (Phi) is 4.67. The highest BCUT2D eigenvalue weighted by atomic mass is 35.5. The van der Waals surface area contributed by atoms with Crippen molar-refractivity contribution < 1.29 is 18.8 Å². The molecule has 0 saturated heterocycles. The second kappa shape index (κ2) is 6.48. The van der Waals surface area contributed by atoms with Gasteiger partial charge in [0.15, 0.2) is 6.61 Å². The first-order valence-electron chi connectivity index (χ1n) is 6.34. The molecule has 0 atom stereocenters. The zero-order valence-corrected chi connectivity index (χ0v) is 12.7. The number of nitrogen functional groups attached to an aromatic ring is 1. The van der Waals surface area contributed by atoms with E-state index in [1.165, 1.54) is 0 Å². The van der Waals surface area contributed by atoms with Crippen molar-refractivity contribution in [3.8, 4) is 0 Å². The number of nitrogens with two attached hydrogens (primary N) is 1. The van der Waals surface area contributed by atoms with Gasteiger partial charge < -0.3 is 20.3 Å². The molecule has 0 aliphatic heterocycles. The lowest BCUT2D eigenvalue weighted by Gasteiger charge is -2.09. The number of rotatable bonds is 4. The lowest BCUT2D eigenvalue weighted by molar-refractivity contribution is -0.119. The van der Waals surface area contributed by atoms with E-state index < -0.39 is 18.5 Å². The minimum atomic E-state index is -0.769. The first-order valence-corrected chi connectivity index (χ1v) is 6.71. The van der Waals surface area contributed by atoms with E-state index in [1.807, 2.05) is 0 Å². The molecule has 0 spiro atoms. The molecular weight excluding hydrogens is 310 g/mol. The number of hydrogen-bond donors (Lipinski definition) is 2. The summed E-state index contributed by atoms with van der Waals surface area (Å²) in [4.78, 5) is 23.6. The minimum Gasteiger partial charge on any atom is -0.452 e. The molecule has 2 rings (SSSR count). The zero-order chi connectivity index (χ0) is 16.3. The number of nitrogens with zero attached hydrogens (tertiary/aromatic N) is 1. The van der Waals surface area contributed by atoms with E-state index in [-0.39, 0.29) is 11.4 Å². The number of nitrogens with one attached hydrogen (secondary N) is 1. The van der Waals surface area contributed by atoms with Crippen molar-refractivity contribution in [2.75, 3.05) is 17.7 Å². The van der Waals surface area contributed by atoms with Gasteiger partial charge in [-0.25, -0.2) is 4.79 Å². The van der Waals surface area contributed by atoms with Gasteiger partial charge in [-0.2, -0.15) is 0 Å². The SMILES string of the molecule is Cc1noc(N)c1C(=O)OCC(=O)Nc1cccc(Cl)c1C. The number of amides is 1. The summed E-state index contributed by atoms with van der Waals surface area (Å²) in [7, 11) is 0. The summed E-state index contributed by atoms with van der Waals surface area (Å²) < 4.78 is 9.55. The molecule has 0 fully saturated rings. The van der Waals surface area contributed by atoms with Crippen LogP contribution in [-0.2, 0) is 9.53 Å². The van der Waals surface area contributed by atoms with Crippen molar-refractivity contribution in [2.45, 2.75) is 13.8 Å². The molecule has 0 unspecified atom stereocenters. The molecule has 8 heteroatoms. The predicted octanol–water partition coefficient (Wildman–Crippen LogP) is 2.32. The van der Waals surface area contributed by atoms with Gasteiger partial charge in [0.25, 0.3) is 5.91 Å². The lowest BCUT2D eigenvalue weighted by atomic mass is 10.2. The van der Waals surface area contributed by atoms with Gasteiger partial charge in [-0.15, -0.1) is 0 Å². The van der Waals surface area contributed by atoms with Crippen molar-refractivity contribution in [1.29, 1.82) is 0 Å². The van der Waals surface area contributed by atoms with Gasteiger partial charge in [0, 0.05) is 10.7 Å². The fourth-order valence-electron chi connectivity index (χ4n) is 1.77. The van der Waals surface area contributed by atoms with Gasteiger partial charge in [-0.1, -0.05) is 22.8 Å². The summed E-state index contributed by atoms with van der Waals surface area (Å²) in [6, 6.07) is 5.12. The number of benzene rings is 1. The molecule has 0 aliphatic rings. The summed E-state index contributed by atoms with van der Waals surface area (Å²) in [5, 5.41) is 6.68. The molecule has 0 radical (unpaired) electrons. The van der Waals surface area contributed by atoms with Crippen LogP contribution in [0.2, 0.25) is 5.02 Å². The average molecular weight is 324 g/mol. The summed E-state index contributed by atoms with van der Waals surface area (Å²) in [6.07, 6.45) is 0. The molecule has 0 bridgehead atoms. The van der Waals surface area contributed by atoms with Crippen LogP contribution in [0, 0.1) is 13.8 Å². The monoisotopic (exact) mass is 323 g/mol. The molecule has 0 saturated carbocycles. The minimum absolute atomic E-state index is 0.0201. The Hall–Kier alpha value is -2.54. The number of hydrogen-bond acceptors (Lipinski definition) is 6. The smallest absolute Gasteiger partial charge is 0.346 e. The summed E-state index contributed by atoms with van der Waals surface area (Å²) in [5.41, 5.74) is 7.06. The van der Waals surface area contributed by atoms with Crippen LogP contribution < -0.4 is 11.1 Å². The Morgan fingerprint density at radius 2 is 2.14 bits per heavy atom. The lowest BCUT2D eigenvalue weighted by Crippen LogP contribution is -2.21. The number of aromatic nitrogens is 1. The number of halogens is 1. The molecule has 3 N–H and O–H groups in total. The molecule has 0 aliphatic carbocycles. The van der Waals surface area contributed by atoms with E-state index in [1.54, 1.807) is 32.0 Å². The Balaban J connectivity index is 1.96. The predicted molar refractivity (Wildman–Crippen MR) is 80.8 cm³/mol. The van der Waals surface area contributed by atoms with Gasteiger partial charge in [-0.05, 0) is 31.5 Å². The van der Waals surface area contributed by atoms with E-state index in [4.69, 9.17) is 22.1 Å². The molecule has 1 aromatic carbocycles. The van der Waals surface area contributed by atoms with Gasteiger partial charge >= 0.3 is 5.97 Å². The third kappa shape index (κ3) is 3.37. The van der Waals surface area contributed by atoms with Gasteiger partial charge in [-0.3, -0.25) is 4.79 Å². The molecule has 1 amide bonds. The van der Waals surface area contributed by atoms with Crippen LogP contribution in [0.5, 0.6) is 0 Å². The maximum Gasteiger partial charge on any atom is 0.346 e. The fourth-order valence-corrected chi connectivity index (χ4v) is 1.94. The van der Waals surface area contributed by atoms with E-state index in [9.17, 15) is 9.59 Å². The first-order chi connectivity index (χ1) is 10.4. The quantitative estimate of drug-likeness (QED) is 0.836. The fraction of sp³-hybridized carbons (Fsp3) is 0.214. The highest BCUT2D eigenvalue weighted by molar-refractivity contribution is 6.31. The van der Waals surface area contributed by atoms with Crippen LogP contribution >= 0.6 is 11.6 Å². The van der Waals surface area contributed by atoms with Crippen LogP contribution in [-0.4, -0.2) is 23.6 Å². The topological polar surface area (TPSA) is 107 Å². The van der Waals surface area contributed by atoms with Crippen molar-refractivity contribution in [3.63, 3.8) is 0 Å². The summed E-state index contributed by atoms with van der Waals surface area (Å²) in [6.45, 7) is 2.85. The largest absolute Gasteiger partial charge is 0.452 e. The van der Waals surface area contributed by atoms with Crippen LogP contribution in [0.15, 0.2) is 22.7 Å². The number of aryl methyl sites for hydroxylation is 1. The van der Waals surface area contributed by atoms with Crippen LogP contribution in [0.1, 0.15) is 21.6 Å². The third-order valence-corrected chi connectivity index (χ3v) is 3.38. The van der Waals surface area contributed by atoms with E-state index in [2.05, 4.69) is 15.0 Å². The summed E-state index contributed by atoms with van der Waals surface area (Å²) in [5.74, 6) is -1.41. The van der Waals surface area contributed by atoms with E-state index in [0.29, 0.717) is 16.4 Å². The van der Waals surface area contributed by atoms with Crippen molar-refractivity contribution in [2.24, 2.45) is 0 Å². The first kappa shape index (κ1) is 15.8. The van der Waals surface area contributed by atoms with Gasteiger partial charge in [0.2, 0.25) is 5.88 Å². The van der Waals surface area contributed by atoms with Crippen molar-refractivity contribution in [1.82, 2.24) is 5.16 Å². The molecule has 22 heavy (non-hydrogen) atoms. The Morgan fingerprint density at radius 3 is 2.77 bits per heavy atom. The number of carbonyl (C=O) groups excluding carboxylic acids is 2. The van der Waals surface area contributed by atoms with Crippen LogP contribution in [0.4, 0.5) is 11.6 Å². The van der Waals surface area contributed by atoms with Crippen molar-refractivity contribution >= 4 is 35.0 Å². The normalized spacial score (nSPS) is 10.3. The molecule has 1 aromatic heterocycles. The number of ether oxygens (including phenoxy) is 1. The average Bonchev–Trinajstić information content (AvgIpc) is 2.81. The highest BCUT2D eigenvalue weighted by Crippen LogP contribution is 2.23. The Morgan fingerprint density at radius 1 is 1.41 bits per heavy atom. The summed E-state index contributed by atoms with van der Waals surface area (Å²) >= 11 is 5.96. The van der Waals surface area contributed by atoms with Crippen molar-refractivity contribution in [3.05, 3.63) is 40.0 Å².